The molecule has 1 aromatic rings. The van der Waals surface area contributed by atoms with Gasteiger partial charge in [0.05, 0.1) is 12.2 Å². The van der Waals surface area contributed by atoms with E-state index in [1.165, 1.54) is 24.3 Å². The van der Waals surface area contributed by atoms with Gasteiger partial charge in [-0.05, 0) is 30.7 Å². The monoisotopic (exact) mass is 294 g/mol. The number of nitrogens with two attached hydrogens (primary N) is 1. The first-order valence-electron chi connectivity index (χ1n) is 6.52. The van der Waals surface area contributed by atoms with Crippen LogP contribution in [0.3, 0.4) is 0 Å². The van der Waals surface area contributed by atoms with Gasteiger partial charge < -0.3 is 15.2 Å². The maximum absolute atomic E-state index is 11.6. The molecule has 0 saturated heterocycles. The number of carbonyl (C=O) groups excluding carboxylic acids is 3. The van der Waals surface area contributed by atoms with E-state index in [1.54, 1.807) is 0 Å². The van der Waals surface area contributed by atoms with E-state index in [9.17, 15) is 14.4 Å². The number of carbonyl (C=O) groups is 3. The number of amides is 3. The van der Waals surface area contributed by atoms with Crippen molar-refractivity contribution in [1.82, 2.24) is 5.32 Å². The molecule has 0 unspecified atom stereocenters. The van der Waals surface area contributed by atoms with Gasteiger partial charge in [0.2, 0.25) is 0 Å². The zero-order valence-electron chi connectivity index (χ0n) is 11.8. The number of ether oxygens (including phenoxy) is 2. The predicted octanol–water partition coefficient (Wildman–Crippen LogP) is 1.22. The normalized spacial score (nSPS) is 9.76. The van der Waals surface area contributed by atoms with E-state index in [-0.39, 0.29) is 6.61 Å². The van der Waals surface area contributed by atoms with Crippen LogP contribution in [0, 0.1) is 0 Å². The number of benzene rings is 1. The maximum atomic E-state index is 11.6. The highest BCUT2D eigenvalue weighted by Crippen LogP contribution is 2.13. The van der Waals surface area contributed by atoms with Crippen molar-refractivity contribution >= 4 is 17.9 Å². The van der Waals surface area contributed by atoms with Gasteiger partial charge in [0.25, 0.3) is 5.91 Å². The predicted molar refractivity (Wildman–Crippen MR) is 74.9 cm³/mol. The van der Waals surface area contributed by atoms with E-state index in [0.717, 1.165) is 12.8 Å². The summed E-state index contributed by atoms with van der Waals surface area (Å²) in [4.78, 5) is 33.2. The van der Waals surface area contributed by atoms with Crippen molar-refractivity contribution in [3.8, 4) is 5.75 Å². The Hall–Kier alpha value is -2.57. The minimum Gasteiger partial charge on any atom is -0.484 e. The number of urea groups is 1. The zero-order valence-corrected chi connectivity index (χ0v) is 11.8. The second-order valence-electron chi connectivity index (χ2n) is 4.21. The fraction of sp³-hybridized carbons (Fsp3) is 0.357. The molecular formula is C14H18N2O5. The zero-order chi connectivity index (χ0) is 15.7. The lowest BCUT2D eigenvalue weighted by Gasteiger charge is -2.07. The molecule has 3 amide bonds. The molecule has 114 valence electrons. The molecule has 0 bridgehead atoms. The minimum absolute atomic E-state index is 0.344. The van der Waals surface area contributed by atoms with Gasteiger partial charge in [0.1, 0.15) is 5.75 Å². The van der Waals surface area contributed by atoms with E-state index >= 15 is 0 Å². The van der Waals surface area contributed by atoms with Crippen LogP contribution in [0.15, 0.2) is 24.3 Å². The van der Waals surface area contributed by atoms with Crippen molar-refractivity contribution in [3.63, 3.8) is 0 Å². The number of esters is 1. The van der Waals surface area contributed by atoms with Crippen molar-refractivity contribution < 1.29 is 23.9 Å². The first kappa shape index (κ1) is 16.5. The molecule has 0 aliphatic rings. The summed E-state index contributed by atoms with van der Waals surface area (Å²) >= 11 is 0. The fourth-order valence-corrected chi connectivity index (χ4v) is 1.40. The summed E-state index contributed by atoms with van der Waals surface area (Å²) in [6, 6.07) is 5.21. The molecule has 0 atom stereocenters. The Balaban J connectivity index is 2.44. The molecule has 3 N–H and O–H groups in total. The Bertz CT molecular complexity index is 499. The van der Waals surface area contributed by atoms with E-state index in [4.69, 9.17) is 15.2 Å². The van der Waals surface area contributed by atoms with Gasteiger partial charge in [-0.1, -0.05) is 13.3 Å². The first-order chi connectivity index (χ1) is 10.0. The van der Waals surface area contributed by atoms with E-state index < -0.39 is 17.9 Å². The maximum Gasteiger partial charge on any atom is 0.338 e. The van der Waals surface area contributed by atoms with Gasteiger partial charge in [-0.25, -0.2) is 9.59 Å². The Morgan fingerprint density at radius 3 is 2.43 bits per heavy atom. The smallest absolute Gasteiger partial charge is 0.338 e. The van der Waals surface area contributed by atoms with Crippen molar-refractivity contribution in [2.24, 2.45) is 5.73 Å². The molecule has 0 aliphatic heterocycles. The van der Waals surface area contributed by atoms with Crippen LogP contribution in [0.25, 0.3) is 0 Å². The molecule has 0 aliphatic carbocycles. The third kappa shape index (κ3) is 6.42. The number of hydrogen-bond donors (Lipinski definition) is 2. The van der Waals surface area contributed by atoms with Crippen molar-refractivity contribution in [2.45, 2.75) is 19.8 Å². The average Bonchev–Trinajstić information content (AvgIpc) is 2.45. The standard InChI is InChI=1S/C14H18N2O5/c1-2-3-8-20-13(18)10-4-6-11(7-5-10)21-9-12(17)16-14(15)19/h4-7H,2-3,8-9H2,1H3,(H3,15,16,17,19). The summed E-state index contributed by atoms with van der Waals surface area (Å²) < 4.78 is 10.2. The van der Waals surface area contributed by atoms with Gasteiger partial charge >= 0.3 is 12.0 Å². The third-order valence-corrected chi connectivity index (χ3v) is 2.45. The van der Waals surface area contributed by atoms with Gasteiger partial charge in [-0.2, -0.15) is 0 Å². The molecule has 0 radical (unpaired) electrons. The Labute approximate surface area is 122 Å². The molecule has 0 spiro atoms. The Kier molecular flexibility index (Phi) is 6.73. The SMILES string of the molecule is CCCCOC(=O)c1ccc(OCC(=O)NC(N)=O)cc1. The molecular weight excluding hydrogens is 276 g/mol. The molecule has 7 nitrogen and oxygen atoms in total. The second-order valence-corrected chi connectivity index (χ2v) is 4.21. The molecule has 0 saturated carbocycles. The molecule has 1 aromatic carbocycles. The Morgan fingerprint density at radius 2 is 1.86 bits per heavy atom. The number of rotatable bonds is 7. The third-order valence-electron chi connectivity index (χ3n) is 2.45. The van der Waals surface area contributed by atoms with Crippen LogP contribution in [-0.2, 0) is 9.53 Å². The summed E-state index contributed by atoms with van der Waals surface area (Å²) in [5.41, 5.74) is 5.19. The highest BCUT2D eigenvalue weighted by Gasteiger charge is 2.08. The molecule has 1 rings (SSSR count). The van der Waals surface area contributed by atoms with Crippen LogP contribution in [0.4, 0.5) is 4.79 Å². The van der Waals surface area contributed by atoms with E-state index in [2.05, 4.69) is 0 Å². The lowest BCUT2D eigenvalue weighted by Crippen LogP contribution is -2.38. The van der Waals surface area contributed by atoms with E-state index in [0.29, 0.717) is 17.9 Å². The molecule has 0 fully saturated rings. The number of primary amides is 1. The van der Waals surface area contributed by atoms with Crippen molar-refractivity contribution in [2.75, 3.05) is 13.2 Å². The van der Waals surface area contributed by atoms with Gasteiger partial charge in [-0.3, -0.25) is 10.1 Å². The number of hydrogen-bond acceptors (Lipinski definition) is 5. The number of imide groups is 1. The Morgan fingerprint density at radius 1 is 1.19 bits per heavy atom. The largest absolute Gasteiger partial charge is 0.484 e. The second kappa shape index (κ2) is 8.57. The molecule has 21 heavy (non-hydrogen) atoms. The number of unbranched alkanes of at least 4 members (excludes halogenated alkanes) is 1. The van der Waals surface area contributed by atoms with Gasteiger partial charge in [-0.15, -0.1) is 0 Å². The van der Waals surface area contributed by atoms with E-state index in [1.807, 2.05) is 12.2 Å². The van der Waals surface area contributed by atoms with Gasteiger partial charge in [0, 0.05) is 0 Å². The van der Waals surface area contributed by atoms with Crippen LogP contribution < -0.4 is 15.8 Å². The lowest BCUT2D eigenvalue weighted by atomic mass is 10.2. The quantitative estimate of drug-likeness (QED) is 0.580. The highest BCUT2D eigenvalue weighted by molar-refractivity contribution is 5.94. The average molecular weight is 294 g/mol. The molecule has 0 heterocycles. The summed E-state index contributed by atoms with van der Waals surface area (Å²) in [6.45, 7) is 2.05. The minimum atomic E-state index is -0.936. The topological polar surface area (TPSA) is 108 Å². The van der Waals surface area contributed by atoms with Crippen LogP contribution in [0.1, 0.15) is 30.1 Å². The summed E-state index contributed by atoms with van der Waals surface area (Å²) in [5.74, 6) is -0.660. The summed E-state index contributed by atoms with van der Waals surface area (Å²) in [5, 5.41) is 1.87. The van der Waals surface area contributed by atoms with Crippen LogP contribution >= 0.6 is 0 Å². The lowest BCUT2D eigenvalue weighted by molar-refractivity contribution is -0.121. The van der Waals surface area contributed by atoms with Crippen LogP contribution in [0.5, 0.6) is 5.75 Å². The molecule has 0 aromatic heterocycles. The summed E-state index contributed by atoms with van der Waals surface area (Å²) in [6.07, 6.45) is 1.77. The number of nitrogens with one attached hydrogen (secondary N) is 1. The van der Waals surface area contributed by atoms with Crippen LogP contribution in [-0.4, -0.2) is 31.1 Å². The van der Waals surface area contributed by atoms with Crippen molar-refractivity contribution in [1.29, 1.82) is 0 Å². The van der Waals surface area contributed by atoms with Crippen molar-refractivity contribution in [3.05, 3.63) is 29.8 Å². The van der Waals surface area contributed by atoms with Gasteiger partial charge in [0.15, 0.2) is 6.61 Å². The summed E-state index contributed by atoms with van der Waals surface area (Å²) in [7, 11) is 0. The highest BCUT2D eigenvalue weighted by atomic mass is 16.5. The fourth-order valence-electron chi connectivity index (χ4n) is 1.40. The molecule has 7 heteroatoms. The van der Waals surface area contributed by atoms with Crippen LogP contribution in [0.2, 0.25) is 0 Å². The first-order valence-corrected chi connectivity index (χ1v) is 6.52.